The summed E-state index contributed by atoms with van der Waals surface area (Å²) < 4.78 is 11.3. The summed E-state index contributed by atoms with van der Waals surface area (Å²) in [5, 5.41) is 8.48. The first-order valence-electron chi connectivity index (χ1n) is 19.8. The van der Waals surface area contributed by atoms with E-state index in [9.17, 15) is 4.79 Å². The smallest absolute Gasteiger partial charge is 0.303 e. The van der Waals surface area contributed by atoms with Gasteiger partial charge in [0, 0.05) is 71.0 Å². The van der Waals surface area contributed by atoms with Crippen molar-refractivity contribution < 1.29 is 19.4 Å². The van der Waals surface area contributed by atoms with Gasteiger partial charge in [-0.15, -0.1) is 47.4 Å². The molecule has 1 rings (SSSR count). The third-order valence-electron chi connectivity index (χ3n) is 7.69. The van der Waals surface area contributed by atoms with Crippen LogP contribution in [0.2, 0.25) is 0 Å². The summed E-state index contributed by atoms with van der Waals surface area (Å²) in [4.78, 5) is 10.3. The SMILES string of the molecule is CC/C=C\CCCCC#CCCCCC#CCCCC(=O)O.CC/C=C\CCCCC#CCCCCC#CCCCCOC1CCCCO1. The van der Waals surface area contributed by atoms with Crippen molar-refractivity contribution >= 4 is 5.97 Å². The standard InChI is InChI=1S/C25H40O2.C20H30O2/c1-2-3-4-5-6-7-8-9-10-11-12-13-14-15-16-17-18-20-23-26-25-22-19-21-24-27-25;1-2-3-4-5-6-7-8-9-10-11-12-13-14-15-16-17-18-19-20(21)22/h3-4,25H,2,5-8,11-14,17-24H2,1H3;3-4H,2,5-8,11-14,17-19H2,1H3,(H,21,22)/b2*4-3-. The number of hydrogen-bond acceptors (Lipinski definition) is 3. The summed E-state index contributed by atoms with van der Waals surface area (Å²) in [6.07, 6.45) is 37.4. The van der Waals surface area contributed by atoms with Gasteiger partial charge in [-0.2, -0.15) is 0 Å². The van der Waals surface area contributed by atoms with Gasteiger partial charge >= 0.3 is 5.97 Å². The minimum atomic E-state index is -0.738. The molecule has 49 heavy (non-hydrogen) atoms. The van der Waals surface area contributed by atoms with Gasteiger partial charge < -0.3 is 14.6 Å². The molecular formula is C45H70O4. The number of carboxylic acid groups (broad SMARTS) is 1. The van der Waals surface area contributed by atoms with Gasteiger partial charge in [0.1, 0.15) is 0 Å². The van der Waals surface area contributed by atoms with E-state index in [0.717, 1.165) is 103 Å². The van der Waals surface area contributed by atoms with Crippen LogP contribution >= 0.6 is 0 Å². The van der Waals surface area contributed by atoms with Gasteiger partial charge in [-0.3, -0.25) is 4.79 Å². The van der Waals surface area contributed by atoms with E-state index in [2.05, 4.69) is 85.5 Å². The van der Waals surface area contributed by atoms with Crippen molar-refractivity contribution in [1.82, 2.24) is 0 Å². The molecule has 1 aliphatic rings. The molecule has 1 saturated heterocycles. The van der Waals surface area contributed by atoms with Crippen LogP contribution in [0.1, 0.15) is 187 Å². The Morgan fingerprint density at radius 3 is 1.39 bits per heavy atom. The fraction of sp³-hybridized carbons (Fsp3) is 0.711. The first-order valence-corrected chi connectivity index (χ1v) is 19.8. The van der Waals surface area contributed by atoms with Crippen molar-refractivity contribution in [2.75, 3.05) is 13.2 Å². The highest BCUT2D eigenvalue weighted by Gasteiger charge is 2.13. The molecule has 0 aromatic rings. The Labute approximate surface area is 303 Å². The van der Waals surface area contributed by atoms with Gasteiger partial charge in [-0.05, 0) is 116 Å². The molecule has 4 heteroatoms. The van der Waals surface area contributed by atoms with Crippen molar-refractivity contribution in [2.24, 2.45) is 0 Å². The Bertz CT molecular complexity index is 1050. The molecule has 1 fully saturated rings. The summed E-state index contributed by atoms with van der Waals surface area (Å²) in [6.45, 7) is 6.00. The lowest BCUT2D eigenvalue weighted by Crippen LogP contribution is -2.22. The number of rotatable bonds is 24. The number of carboxylic acids is 1. The Morgan fingerprint density at radius 1 is 0.592 bits per heavy atom. The molecule has 1 heterocycles. The van der Waals surface area contributed by atoms with Crippen molar-refractivity contribution in [3.63, 3.8) is 0 Å². The maximum Gasteiger partial charge on any atom is 0.303 e. The molecule has 0 radical (unpaired) electrons. The first kappa shape index (κ1) is 46.1. The Morgan fingerprint density at radius 2 is 1.00 bits per heavy atom. The van der Waals surface area contributed by atoms with Crippen LogP contribution in [0.25, 0.3) is 0 Å². The van der Waals surface area contributed by atoms with Crippen LogP contribution in [0.5, 0.6) is 0 Å². The average molecular weight is 675 g/mol. The second kappa shape index (κ2) is 41.3. The molecule has 1 aliphatic heterocycles. The summed E-state index contributed by atoms with van der Waals surface area (Å²) >= 11 is 0. The molecule has 0 aliphatic carbocycles. The number of hydrogen-bond donors (Lipinski definition) is 1. The third-order valence-corrected chi connectivity index (χ3v) is 7.69. The van der Waals surface area contributed by atoms with Crippen molar-refractivity contribution in [3.8, 4) is 47.4 Å². The Hall–Kier alpha value is -2.89. The lowest BCUT2D eigenvalue weighted by molar-refractivity contribution is -0.162. The molecule has 0 amide bonds. The zero-order valence-corrected chi connectivity index (χ0v) is 31.6. The molecule has 0 bridgehead atoms. The predicted octanol–water partition coefficient (Wildman–Crippen LogP) is 12.1. The summed E-state index contributed by atoms with van der Waals surface area (Å²) in [6, 6.07) is 0. The highest BCUT2D eigenvalue weighted by Crippen LogP contribution is 2.14. The number of ether oxygens (including phenoxy) is 2. The second-order valence-corrected chi connectivity index (χ2v) is 12.5. The topological polar surface area (TPSA) is 55.8 Å². The van der Waals surface area contributed by atoms with Crippen LogP contribution in [0, 0.1) is 47.4 Å². The second-order valence-electron chi connectivity index (χ2n) is 12.5. The van der Waals surface area contributed by atoms with E-state index in [1.54, 1.807) is 0 Å². The largest absolute Gasteiger partial charge is 0.481 e. The fourth-order valence-electron chi connectivity index (χ4n) is 4.78. The van der Waals surface area contributed by atoms with Crippen LogP contribution in [-0.4, -0.2) is 30.6 Å². The van der Waals surface area contributed by atoms with Gasteiger partial charge in [0.2, 0.25) is 0 Å². The van der Waals surface area contributed by atoms with Crippen LogP contribution in [0.15, 0.2) is 24.3 Å². The Balaban J connectivity index is 0.000000962. The van der Waals surface area contributed by atoms with Gasteiger partial charge in [0.25, 0.3) is 0 Å². The van der Waals surface area contributed by atoms with Gasteiger partial charge in [-0.25, -0.2) is 0 Å². The van der Waals surface area contributed by atoms with E-state index in [1.807, 2.05) is 0 Å². The fourth-order valence-corrected chi connectivity index (χ4v) is 4.78. The van der Waals surface area contributed by atoms with E-state index >= 15 is 0 Å². The van der Waals surface area contributed by atoms with Crippen LogP contribution < -0.4 is 0 Å². The molecule has 0 saturated carbocycles. The lowest BCUT2D eigenvalue weighted by Gasteiger charge is -2.22. The number of aliphatic carboxylic acids is 1. The molecule has 4 nitrogen and oxygen atoms in total. The third kappa shape index (κ3) is 41.2. The highest BCUT2D eigenvalue weighted by molar-refractivity contribution is 5.66. The predicted molar refractivity (Wildman–Crippen MR) is 209 cm³/mol. The maximum absolute atomic E-state index is 10.3. The van der Waals surface area contributed by atoms with Crippen LogP contribution in [0.4, 0.5) is 0 Å². The van der Waals surface area contributed by atoms with Crippen LogP contribution in [-0.2, 0) is 14.3 Å². The highest BCUT2D eigenvalue weighted by atomic mass is 16.7. The van der Waals surface area contributed by atoms with Crippen molar-refractivity contribution in [1.29, 1.82) is 0 Å². The van der Waals surface area contributed by atoms with Crippen LogP contribution in [0.3, 0.4) is 0 Å². The van der Waals surface area contributed by atoms with E-state index in [-0.39, 0.29) is 12.7 Å². The first-order chi connectivity index (χ1) is 24.2. The summed E-state index contributed by atoms with van der Waals surface area (Å²) in [5.74, 6) is 25.0. The Kier molecular flexibility index (Phi) is 38.8. The molecule has 1 N–H and O–H groups in total. The normalized spacial score (nSPS) is 13.6. The van der Waals surface area contributed by atoms with Crippen molar-refractivity contribution in [2.45, 2.75) is 193 Å². The monoisotopic (exact) mass is 675 g/mol. The minimum Gasteiger partial charge on any atom is -0.481 e. The van der Waals surface area contributed by atoms with E-state index in [1.165, 1.54) is 64.2 Å². The molecule has 1 unspecified atom stereocenters. The summed E-state index contributed by atoms with van der Waals surface area (Å²) in [7, 11) is 0. The number of allylic oxidation sites excluding steroid dienone is 4. The minimum absolute atomic E-state index is 0.0517. The van der Waals surface area contributed by atoms with E-state index < -0.39 is 5.97 Å². The lowest BCUT2D eigenvalue weighted by atomic mass is 10.1. The molecule has 1 atom stereocenters. The summed E-state index contributed by atoms with van der Waals surface area (Å²) in [5.41, 5.74) is 0. The van der Waals surface area contributed by atoms with E-state index in [0.29, 0.717) is 12.8 Å². The molecule has 0 spiro atoms. The van der Waals surface area contributed by atoms with Crippen molar-refractivity contribution in [3.05, 3.63) is 24.3 Å². The van der Waals surface area contributed by atoms with Gasteiger partial charge in [0.15, 0.2) is 6.29 Å². The molecule has 274 valence electrons. The average Bonchev–Trinajstić information content (AvgIpc) is 3.11. The molecular weight excluding hydrogens is 604 g/mol. The maximum atomic E-state index is 10.3. The van der Waals surface area contributed by atoms with Gasteiger partial charge in [-0.1, -0.05) is 38.2 Å². The molecule has 0 aromatic heterocycles. The zero-order valence-electron chi connectivity index (χ0n) is 31.6. The molecule has 0 aromatic carbocycles. The van der Waals surface area contributed by atoms with E-state index in [4.69, 9.17) is 14.6 Å². The zero-order chi connectivity index (χ0) is 35.6. The van der Waals surface area contributed by atoms with Gasteiger partial charge in [0.05, 0.1) is 0 Å². The number of unbranched alkanes of at least 4 members (excludes halogenated alkanes) is 15. The number of carbonyl (C=O) groups is 1. The quantitative estimate of drug-likeness (QED) is 0.0629.